The zero-order chi connectivity index (χ0) is 22.1. The molecule has 0 saturated heterocycles. The maximum atomic E-state index is 11.7. The number of halogens is 1. The van der Waals surface area contributed by atoms with Crippen molar-refractivity contribution in [3.63, 3.8) is 0 Å². The first-order chi connectivity index (χ1) is 15.0. The summed E-state index contributed by atoms with van der Waals surface area (Å²) in [5.74, 6) is -0.709. The van der Waals surface area contributed by atoms with Gasteiger partial charge >= 0.3 is 12.1 Å². The second-order valence-corrected chi connectivity index (χ2v) is 6.55. The van der Waals surface area contributed by atoms with Crippen LogP contribution in [0, 0.1) is 0 Å². The first-order valence-electron chi connectivity index (χ1n) is 9.07. The van der Waals surface area contributed by atoms with Gasteiger partial charge in [0.2, 0.25) is 0 Å². The molecule has 10 nitrogen and oxygen atoms in total. The van der Waals surface area contributed by atoms with E-state index in [9.17, 15) is 9.59 Å². The van der Waals surface area contributed by atoms with Crippen LogP contribution < -0.4 is 10.2 Å². The van der Waals surface area contributed by atoms with Crippen molar-refractivity contribution in [2.75, 3.05) is 6.61 Å². The molecule has 2 N–H and O–H groups in total. The summed E-state index contributed by atoms with van der Waals surface area (Å²) >= 11 is 6.20. The van der Waals surface area contributed by atoms with Crippen molar-refractivity contribution in [3.05, 3.63) is 76.6 Å². The lowest BCUT2D eigenvalue weighted by atomic mass is 10.2. The maximum absolute atomic E-state index is 11.7. The van der Waals surface area contributed by atoms with Crippen LogP contribution in [0.15, 0.2) is 59.8 Å². The fraction of sp³-hybridized carbons (Fsp3) is 0.150. The molecular weight excluding hydrogens is 426 g/mol. The van der Waals surface area contributed by atoms with Gasteiger partial charge in [-0.1, -0.05) is 47.1 Å². The Labute approximate surface area is 182 Å². The molecule has 2 aromatic carbocycles. The van der Waals surface area contributed by atoms with Crippen LogP contribution in [0.2, 0.25) is 5.02 Å². The van der Waals surface area contributed by atoms with E-state index in [1.54, 1.807) is 18.2 Å². The fourth-order valence-corrected chi connectivity index (χ4v) is 2.63. The summed E-state index contributed by atoms with van der Waals surface area (Å²) in [4.78, 5) is 22.4. The molecule has 160 valence electrons. The average molecular weight is 444 g/mol. The highest BCUT2D eigenvalue weighted by Gasteiger charge is 2.08. The number of ether oxygens (including phenoxy) is 2. The molecule has 0 unspecified atom stereocenters. The lowest BCUT2D eigenvalue weighted by Gasteiger charge is -2.08. The number of rotatable bonds is 9. The number of aromatic nitrogens is 3. The van der Waals surface area contributed by atoms with Gasteiger partial charge < -0.3 is 14.6 Å². The number of benzene rings is 2. The molecule has 3 aromatic rings. The molecule has 0 radical (unpaired) electrons. The Morgan fingerprint density at radius 3 is 2.74 bits per heavy atom. The Morgan fingerprint density at radius 1 is 1.23 bits per heavy atom. The van der Waals surface area contributed by atoms with Crippen LogP contribution in [0.3, 0.4) is 0 Å². The van der Waals surface area contributed by atoms with E-state index in [2.05, 4.69) is 20.8 Å². The van der Waals surface area contributed by atoms with E-state index in [-0.39, 0.29) is 18.9 Å². The molecule has 0 saturated carbocycles. The summed E-state index contributed by atoms with van der Waals surface area (Å²) in [7, 11) is 0. The summed E-state index contributed by atoms with van der Waals surface area (Å²) in [6.07, 6.45) is 2.05. The first-order valence-corrected chi connectivity index (χ1v) is 9.44. The van der Waals surface area contributed by atoms with Gasteiger partial charge in [-0.05, 0) is 29.3 Å². The molecule has 31 heavy (non-hydrogen) atoms. The smallest absolute Gasteiger partial charge is 0.428 e. The number of carboxylic acids is 1. The number of aromatic carboxylic acids is 1. The monoisotopic (exact) mass is 443 g/mol. The molecule has 0 fully saturated rings. The molecule has 0 aliphatic heterocycles. The minimum absolute atomic E-state index is 0.140. The quantitative estimate of drug-likeness (QED) is 0.384. The highest BCUT2D eigenvalue weighted by Crippen LogP contribution is 2.24. The van der Waals surface area contributed by atoms with E-state index in [1.165, 1.54) is 17.1 Å². The zero-order valence-electron chi connectivity index (χ0n) is 16.1. The van der Waals surface area contributed by atoms with Gasteiger partial charge in [0.25, 0.3) is 0 Å². The number of carboxylic acid groups (broad SMARTS) is 1. The second kappa shape index (κ2) is 10.7. The van der Waals surface area contributed by atoms with Crippen LogP contribution in [0.25, 0.3) is 0 Å². The number of amides is 1. The van der Waals surface area contributed by atoms with Crippen LogP contribution in [0.5, 0.6) is 5.75 Å². The SMILES string of the molecule is O=C(N/N=C/c1ccc(OCCn2cc(C(=O)O)nn2)c(Cl)c1)OCc1ccccc1. The van der Waals surface area contributed by atoms with Crippen molar-refractivity contribution in [3.8, 4) is 5.75 Å². The number of nitrogens with zero attached hydrogens (tertiary/aromatic N) is 4. The largest absolute Gasteiger partial charge is 0.490 e. The molecule has 0 aliphatic rings. The van der Waals surface area contributed by atoms with Gasteiger partial charge in [-0.2, -0.15) is 5.10 Å². The Kier molecular flexibility index (Phi) is 7.55. The zero-order valence-corrected chi connectivity index (χ0v) is 16.9. The van der Waals surface area contributed by atoms with Gasteiger partial charge in [0.1, 0.15) is 19.0 Å². The Balaban J connectivity index is 1.43. The summed E-state index contributed by atoms with van der Waals surface area (Å²) in [6, 6.07) is 14.3. The molecule has 0 atom stereocenters. The number of carbonyl (C=O) groups excluding carboxylic acids is 1. The third-order valence-electron chi connectivity index (χ3n) is 3.87. The number of carbonyl (C=O) groups is 2. The van der Waals surface area contributed by atoms with Crippen LogP contribution in [-0.4, -0.2) is 45.0 Å². The maximum Gasteiger partial charge on any atom is 0.428 e. The van der Waals surface area contributed by atoms with Crippen LogP contribution in [-0.2, 0) is 17.9 Å². The van der Waals surface area contributed by atoms with E-state index in [1.807, 2.05) is 30.3 Å². The van der Waals surface area contributed by atoms with Crippen molar-refractivity contribution in [1.29, 1.82) is 0 Å². The number of nitrogens with one attached hydrogen (secondary N) is 1. The van der Waals surface area contributed by atoms with E-state index in [4.69, 9.17) is 26.2 Å². The fourth-order valence-electron chi connectivity index (χ4n) is 2.38. The van der Waals surface area contributed by atoms with Crippen LogP contribution >= 0.6 is 11.6 Å². The van der Waals surface area contributed by atoms with Crippen LogP contribution in [0.1, 0.15) is 21.6 Å². The molecule has 1 heterocycles. The lowest BCUT2D eigenvalue weighted by molar-refractivity contribution is 0.0690. The van der Waals surface area contributed by atoms with Crippen molar-refractivity contribution in [1.82, 2.24) is 20.4 Å². The summed E-state index contributed by atoms with van der Waals surface area (Å²) in [5, 5.41) is 20.2. The molecule has 0 aliphatic carbocycles. The second-order valence-electron chi connectivity index (χ2n) is 6.14. The van der Waals surface area contributed by atoms with Crippen molar-refractivity contribution >= 4 is 29.9 Å². The third kappa shape index (κ3) is 6.82. The van der Waals surface area contributed by atoms with Gasteiger partial charge in [0.05, 0.1) is 24.0 Å². The first kappa shape index (κ1) is 21.8. The lowest BCUT2D eigenvalue weighted by Crippen LogP contribution is -2.18. The van der Waals surface area contributed by atoms with Gasteiger partial charge in [0, 0.05) is 0 Å². The molecule has 1 amide bonds. The number of hydrazone groups is 1. The van der Waals surface area contributed by atoms with E-state index < -0.39 is 12.1 Å². The standard InChI is InChI=1S/C20H18ClN5O5/c21-16-10-15(11-22-24-20(29)31-13-14-4-2-1-3-5-14)6-7-18(16)30-9-8-26-12-17(19(27)28)23-25-26/h1-7,10-12H,8-9,13H2,(H,24,29)(H,27,28)/b22-11+. The van der Waals surface area contributed by atoms with Crippen molar-refractivity contribution < 1.29 is 24.2 Å². The molecule has 1 aromatic heterocycles. The molecule has 11 heteroatoms. The number of hydrogen-bond donors (Lipinski definition) is 2. The van der Waals surface area contributed by atoms with E-state index in [0.29, 0.717) is 22.9 Å². The predicted molar refractivity (Wildman–Crippen MR) is 111 cm³/mol. The normalized spacial score (nSPS) is 10.7. The molecule has 0 bridgehead atoms. The number of hydrogen-bond acceptors (Lipinski definition) is 7. The average Bonchev–Trinajstić information content (AvgIpc) is 3.24. The summed E-state index contributed by atoms with van der Waals surface area (Å²) in [5.41, 5.74) is 3.65. The van der Waals surface area contributed by atoms with E-state index >= 15 is 0 Å². The molecule has 0 spiro atoms. The summed E-state index contributed by atoms with van der Waals surface area (Å²) in [6.45, 7) is 0.658. The highest BCUT2D eigenvalue weighted by molar-refractivity contribution is 6.32. The Morgan fingerprint density at radius 2 is 2.03 bits per heavy atom. The Bertz CT molecular complexity index is 1070. The van der Waals surface area contributed by atoms with E-state index in [0.717, 1.165) is 5.56 Å². The van der Waals surface area contributed by atoms with Crippen molar-refractivity contribution in [2.24, 2.45) is 5.10 Å². The predicted octanol–water partition coefficient (Wildman–Crippen LogP) is 2.97. The minimum Gasteiger partial charge on any atom is -0.490 e. The molecular formula is C20H18ClN5O5. The van der Waals surface area contributed by atoms with Crippen molar-refractivity contribution in [2.45, 2.75) is 13.2 Å². The van der Waals surface area contributed by atoms with Gasteiger partial charge in [-0.25, -0.2) is 19.7 Å². The highest BCUT2D eigenvalue weighted by atomic mass is 35.5. The Hall–Kier alpha value is -3.92. The summed E-state index contributed by atoms with van der Waals surface area (Å²) < 4.78 is 12.0. The third-order valence-corrected chi connectivity index (χ3v) is 4.17. The topological polar surface area (TPSA) is 128 Å². The van der Waals surface area contributed by atoms with Gasteiger partial charge in [-0.3, -0.25) is 0 Å². The minimum atomic E-state index is -1.15. The molecule has 3 rings (SSSR count). The van der Waals surface area contributed by atoms with Crippen LogP contribution in [0.4, 0.5) is 4.79 Å². The van der Waals surface area contributed by atoms with Gasteiger partial charge in [-0.15, -0.1) is 5.10 Å². The van der Waals surface area contributed by atoms with Gasteiger partial charge in [0.15, 0.2) is 5.69 Å².